The van der Waals surface area contributed by atoms with Crippen LogP contribution in [-0.4, -0.2) is 10.0 Å². The Bertz CT molecular complexity index is 890. The van der Waals surface area contributed by atoms with Gasteiger partial charge in [-0.15, -0.1) is 0 Å². The molecule has 3 rings (SSSR count). The molecule has 1 aromatic heterocycles. The van der Waals surface area contributed by atoms with E-state index in [2.05, 4.69) is 38.6 Å². The lowest BCUT2D eigenvalue weighted by atomic mass is 10.2. The quantitative estimate of drug-likeness (QED) is 0.333. The van der Waals surface area contributed by atoms with Gasteiger partial charge in [-0.3, -0.25) is 5.43 Å². The van der Waals surface area contributed by atoms with Gasteiger partial charge < -0.3 is 4.42 Å². The van der Waals surface area contributed by atoms with Crippen LogP contribution in [0.2, 0.25) is 0 Å². The molecular formula is C18H15BrN2OS2. The van der Waals surface area contributed by atoms with Gasteiger partial charge in [0.05, 0.1) is 0 Å². The fourth-order valence-corrected chi connectivity index (χ4v) is 3.33. The number of nitrogens with one attached hydrogen (secondary N) is 1. The highest BCUT2D eigenvalue weighted by Crippen LogP contribution is 2.23. The normalized spacial score (nSPS) is 11.7. The molecule has 0 fully saturated rings. The zero-order chi connectivity index (χ0) is 16.9. The highest BCUT2D eigenvalue weighted by molar-refractivity contribution is 9.10. The zero-order valence-corrected chi connectivity index (χ0v) is 16.2. The summed E-state index contributed by atoms with van der Waals surface area (Å²) in [5.41, 5.74) is 5.74. The number of rotatable bonds is 4. The topological polar surface area (TPSA) is 37.5 Å². The Kier molecular flexibility index (Phi) is 5.71. The van der Waals surface area contributed by atoms with Crippen LogP contribution in [0.15, 0.2) is 68.6 Å². The lowest BCUT2D eigenvalue weighted by molar-refractivity contribution is 0.603. The summed E-state index contributed by atoms with van der Waals surface area (Å²) in [6, 6.07) is 18.1. The van der Waals surface area contributed by atoms with E-state index in [1.807, 2.05) is 49.4 Å². The molecule has 0 aliphatic carbocycles. The first kappa shape index (κ1) is 17.2. The van der Waals surface area contributed by atoms with Crippen molar-refractivity contribution >= 4 is 60.9 Å². The summed E-state index contributed by atoms with van der Waals surface area (Å²) in [6.07, 6.45) is 0. The average Bonchev–Trinajstić information content (AvgIpc) is 3.02. The Hall–Kier alpha value is -1.63. The van der Waals surface area contributed by atoms with E-state index in [0.717, 1.165) is 32.7 Å². The molecule has 0 aliphatic heterocycles. The molecule has 0 saturated carbocycles. The summed E-state index contributed by atoms with van der Waals surface area (Å²) in [5, 5.41) is 5.36. The van der Waals surface area contributed by atoms with Crippen molar-refractivity contribution in [3.05, 3.63) is 70.4 Å². The Morgan fingerprint density at radius 3 is 2.79 bits per heavy atom. The van der Waals surface area contributed by atoms with Crippen LogP contribution in [0.1, 0.15) is 18.2 Å². The molecule has 0 amide bonds. The number of thiocarbonyl (C=S) groups is 1. The summed E-state index contributed by atoms with van der Waals surface area (Å²) < 4.78 is 7.46. The number of thioether (sulfide) groups is 1. The van der Waals surface area contributed by atoms with E-state index in [-0.39, 0.29) is 0 Å². The molecule has 0 unspecified atom stereocenters. The van der Waals surface area contributed by atoms with Crippen LogP contribution < -0.4 is 5.43 Å². The van der Waals surface area contributed by atoms with Gasteiger partial charge in [0.25, 0.3) is 0 Å². The van der Waals surface area contributed by atoms with Crippen LogP contribution in [0.5, 0.6) is 0 Å². The molecule has 0 bridgehead atoms. The average molecular weight is 419 g/mol. The van der Waals surface area contributed by atoms with Gasteiger partial charge in [-0.25, -0.2) is 0 Å². The van der Waals surface area contributed by atoms with E-state index >= 15 is 0 Å². The highest BCUT2D eigenvalue weighted by atomic mass is 79.9. The largest absolute Gasteiger partial charge is 0.455 e. The van der Waals surface area contributed by atoms with Gasteiger partial charge in [0, 0.05) is 15.6 Å². The van der Waals surface area contributed by atoms with Crippen molar-refractivity contribution < 1.29 is 4.42 Å². The van der Waals surface area contributed by atoms with Gasteiger partial charge >= 0.3 is 0 Å². The number of halogens is 1. The Morgan fingerprint density at radius 1 is 1.21 bits per heavy atom. The van der Waals surface area contributed by atoms with Gasteiger partial charge in [0.15, 0.2) is 10.1 Å². The Balaban J connectivity index is 1.61. The maximum absolute atomic E-state index is 5.80. The molecule has 6 heteroatoms. The Morgan fingerprint density at radius 2 is 2.00 bits per heavy atom. The number of benzene rings is 2. The number of fused-ring (bicyclic) bond motifs is 1. The van der Waals surface area contributed by atoms with Gasteiger partial charge in [-0.05, 0) is 36.8 Å². The molecule has 0 atom stereocenters. The standard InChI is InChI=1S/C18H15BrN2OS2/c1-12(17-10-14-9-15(19)7-8-16(14)22-17)20-21-18(23)24-11-13-5-3-2-4-6-13/h2-10H,11H2,1H3,(H,21,23)/b20-12+. The number of hydrogen-bond donors (Lipinski definition) is 1. The van der Waals surface area contributed by atoms with E-state index in [1.165, 1.54) is 5.56 Å². The van der Waals surface area contributed by atoms with Crippen molar-refractivity contribution in [2.24, 2.45) is 5.10 Å². The molecule has 2 aromatic carbocycles. The molecule has 0 spiro atoms. The lowest BCUT2D eigenvalue weighted by Crippen LogP contribution is -2.13. The molecule has 3 nitrogen and oxygen atoms in total. The molecule has 1 N–H and O–H groups in total. The van der Waals surface area contributed by atoms with Crippen molar-refractivity contribution in [3.63, 3.8) is 0 Å². The summed E-state index contributed by atoms with van der Waals surface area (Å²) in [5.74, 6) is 1.55. The first-order chi connectivity index (χ1) is 11.6. The number of furan rings is 1. The summed E-state index contributed by atoms with van der Waals surface area (Å²) in [7, 11) is 0. The fourth-order valence-electron chi connectivity index (χ4n) is 2.13. The summed E-state index contributed by atoms with van der Waals surface area (Å²) in [4.78, 5) is 0. The molecular weight excluding hydrogens is 404 g/mol. The van der Waals surface area contributed by atoms with Crippen molar-refractivity contribution in [2.45, 2.75) is 12.7 Å². The number of nitrogens with zero attached hydrogens (tertiary/aromatic N) is 1. The van der Waals surface area contributed by atoms with Crippen molar-refractivity contribution in [1.29, 1.82) is 0 Å². The summed E-state index contributed by atoms with van der Waals surface area (Å²) >= 11 is 10.3. The first-order valence-electron chi connectivity index (χ1n) is 7.32. The van der Waals surface area contributed by atoms with Gasteiger partial charge in [0.2, 0.25) is 0 Å². The van der Waals surface area contributed by atoms with E-state index < -0.39 is 0 Å². The molecule has 1 heterocycles. The van der Waals surface area contributed by atoms with E-state index in [4.69, 9.17) is 16.6 Å². The number of hydrazone groups is 1. The monoisotopic (exact) mass is 418 g/mol. The predicted molar refractivity (Wildman–Crippen MR) is 110 cm³/mol. The van der Waals surface area contributed by atoms with E-state index in [0.29, 0.717) is 4.32 Å². The smallest absolute Gasteiger partial charge is 0.154 e. The number of hydrogen-bond acceptors (Lipinski definition) is 4. The third-order valence-corrected chi connectivity index (χ3v) is 5.13. The van der Waals surface area contributed by atoms with Crippen LogP contribution >= 0.6 is 39.9 Å². The van der Waals surface area contributed by atoms with Gasteiger partial charge in [0.1, 0.15) is 11.3 Å². The van der Waals surface area contributed by atoms with Crippen molar-refractivity contribution in [3.8, 4) is 0 Å². The third-order valence-electron chi connectivity index (χ3n) is 3.36. The molecule has 122 valence electrons. The Labute approximate surface area is 158 Å². The maximum Gasteiger partial charge on any atom is 0.154 e. The lowest BCUT2D eigenvalue weighted by Gasteiger charge is -2.03. The molecule has 0 saturated heterocycles. The second-order valence-corrected chi connectivity index (χ2v) is 7.73. The minimum absolute atomic E-state index is 0.636. The molecule has 0 radical (unpaired) electrons. The first-order valence-corrected chi connectivity index (χ1v) is 9.51. The highest BCUT2D eigenvalue weighted by Gasteiger charge is 2.07. The van der Waals surface area contributed by atoms with Crippen LogP contribution in [0.25, 0.3) is 11.0 Å². The molecule has 0 aliphatic rings. The molecule has 3 aromatic rings. The van der Waals surface area contributed by atoms with Crippen LogP contribution in [0, 0.1) is 0 Å². The predicted octanol–water partition coefficient (Wildman–Crippen LogP) is 5.73. The van der Waals surface area contributed by atoms with E-state index in [9.17, 15) is 0 Å². The fraction of sp³-hybridized carbons (Fsp3) is 0.111. The van der Waals surface area contributed by atoms with Crippen molar-refractivity contribution in [2.75, 3.05) is 0 Å². The van der Waals surface area contributed by atoms with Crippen LogP contribution in [-0.2, 0) is 5.75 Å². The minimum Gasteiger partial charge on any atom is -0.455 e. The minimum atomic E-state index is 0.636. The zero-order valence-electron chi connectivity index (χ0n) is 13.0. The van der Waals surface area contributed by atoms with Crippen LogP contribution in [0.4, 0.5) is 0 Å². The maximum atomic E-state index is 5.80. The van der Waals surface area contributed by atoms with E-state index in [1.54, 1.807) is 11.8 Å². The van der Waals surface area contributed by atoms with Gasteiger partial charge in [-0.1, -0.05) is 70.2 Å². The summed E-state index contributed by atoms with van der Waals surface area (Å²) in [6.45, 7) is 1.89. The second-order valence-electron chi connectivity index (χ2n) is 5.16. The van der Waals surface area contributed by atoms with Crippen molar-refractivity contribution in [1.82, 2.24) is 5.43 Å². The second kappa shape index (κ2) is 7.96. The molecule has 24 heavy (non-hydrogen) atoms. The van der Waals surface area contributed by atoms with Gasteiger partial charge in [-0.2, -0.15) is 5.10 Å². The SMILES string of the molecule is C/C(=N\NC(=S)SCc1ccccc1)c1cc2cc(Br)ccc2o1. The third kappa shape index (κ3) is 4.47. The van der Waals surface area contributed by atoms with Crippen LogP contribution in [0.3, 0.4) is 0 Å².